The molecule has 0 aromatic heterocycles. The van der Waals surface area contributed by atoms with E-state index in [1.54, 1.807) is 0 Å². The molecular formula is C21H18F6N2O2. The summed E-state index contributed by atoms with van der Waals surface area (Å²) in [5.74, 6) is -10.3. The molecule has 166 valence electrons. The van der Waals surface area contributed by atoms with Crippen LogP contribution >= 0.6 is 0 Å². The van der Waals surface area contributed by atoms with Crippen molar-refractivity contribution in [3.63, 3.8) is 0 Å². The number of anilines is 2. The van der Waals surface area contributed by atoms with Gasteiger partial charge in [-0.2, -0.15) is 22.0 Å². The number of allylic oxidation sites excluding steroid dienone is 2. The summed E-state index contributed by atoms with van der Waals surface area (Å²) < 4.78 is 92.8. The monoisotopic (exact) mass is 444 g/mol. The molecule has 4 nitrogen and oxygen atoms in total. The van der Waals surface area contributed by atoms with Gasteiger partial charge in [-0.05, 0) is 24.3 Å². The zero-order chi connectivity index (χ0) is 22.9. The smallest absolute Gasteiger partial charge is 0.448 e. The quantitative estimate of drug-likeness (QED) is 0.361. The molecule has 0 saturated carbocycles. The van der Waals surface area contributed by atoms with E-state index in [0.29, 0.717) is 0 Å². The molecule has 2 aromatic rings. The first-order valence-electron chi connectivity index (χ1n) is 8.98. The number of alkyl halides is 6. The minimum absolute atomic E-state index is 0.0311. The Hall–Kier alpha value is -3.30. The van der Waals surface area contributed by atoms with Crippen molar-refractivity contribution in [2.45, 2.75) is 24.1 Å². The van der Waals surface area contributed by atoms with Crippen molar-refractivity contribution in [2.24, 2.45) is 5.92 Å². The molecule has 10 heteroatoms. The first kappa shape index (κ1) is 22.4. The van der Waals surface area contributed by atoms with Gasteiger partial charge in [0.15, 0.2) is 6.17 Å². The van der Waals surface area contributed by atoms with Gasteiger partial charge < -0.3 is 20.9 Å². The molecule has 0 radical (unpaired) electrons. The maximum Gasteiger partial charge on any atom is 0.456 e. The number of hydrogen-bond donors (Lipinski definition) is 2. The topological polar surface area (TPSA) is 70.5 Å². The second kappa shape index (κ2) is 8.09. The Labute approximate surface area is 173 Å². The fourth-order valence-electron chi connectivity index (χ4n) is 3.05. The lowest BCUT2D eigenvalue weighted by atomic mass is 9.85. The number of nitrogen functional groups attached to an aromatic ring is 2. The fraction of sp³-hybridized carbons (Fsp3) is 0.238. The highest BCUT2D eigenvalue weighted by molar-refractivity contribution is 5.46. The van der Waals surface area contributed by atoms with E-state index in [4.69, 9.17) is 20.9 Å². The second-order valence-corrected chi connectivity index (χ2v) is 6.86. The van der Waals surface area contributed by atoms with Gasteiger partial charge in [-0.1, -0.05) is 30.4 Å². The van der Waals surface area contributed by atoms with E-state index in [1.165, 1.54) is 54.6 Å². The molecule has 0 spiro atoms. The van der Waals surface area contributed by atoms with E-state index in [-0.39, 0.29) is 22.9 Å². The Morgan fingerprint density at radius 3 is 1.81 bits per heavy atom. The van der Waals surface area contributed by atoms with Gasteiger partial charge >= 0.3 is 12.1 Å². The molecule has 0 saturated heterocycles. The van der Waals surface area contributed by atoms with Crippen LogP contribution in [-0.4, -0.2) is 24.1 Å². The van der Waals surface area contributed by atoms with Gasteiger partial charge in [-0.3, -0.25) is 0 Å². The number of benzene rings is 2. The molecule has 0 aliphatic heterocycles. The van der Waals surface area contributed by atoms with Crippen LogP contribution in [0.4, 0.5) is 37.7 Å². The van der Waals surface area contributed by atoms with Gasteiger partial charge in [0.25, 0.3) is 5.79 Å². The lowest BCUT2D eigenvalue weighted by molar-refractivity contribution is -0.315. The molecule has 0 fully saturated rings. The summed E-state index contributed by atoms with van der Waals surface area (Å²) in [6, 6.07) is 11.3. The predicted octanol–water partition coefficient (Wildman–Crippen LogP) is 5.28. The van der Waals surface area contributed by atoms with Gasteiger partial charge in [-0.15, -0.1) is 0 Å². The highest BCUT2D eigenvalue weighted by Gasteiger charge is 2.68. The Kier molecular flexibility index (Phi) is 5.84. The van der Waals surface area contributed by atoms with Crippen LogP contribution in [0.15, 0.2) is 72.8 Å². The number of halogens is 6. The molecular weight excluding hydrogens is 426 g/mol. The van der Waals surface area contributed by atoms with E-state index < -0.39 is 30.0 Å². The van der Waals surface area contributed by atoms with E-state index in [0.717, 1.165) is 18.2 Å². The SMILES string of the molecule is Nc1cccc(OC2(Oc3cccc(N)c3)C=CC=CC2C(F)C(F)(F)C(F)(F)F)c1. The third-order valence-electron chi connectivity index (χ3n) is 4.53. The number of ether oxygens (including phenoxy) is 2. The second-order valence-electron chi connectivity index (χ2n) is 6.86. The molecule has 0 bridgehead atoms. The number of nitrogens with two attached hydrogens (primary N) is 2. The maximum absolute atomic E-state index is 14.9. The lowest BCUT2D eigenvalue weighted by Gasteiger charge is -2.41. The van der Waals surface area contributed by atoms with Crippen LogP contribution in [0, 0.1) is 5.92 Å². The highest BCUT2D eigenvalue weighted by atomic mass is 19.4. The van der Waals surface area contributed by atoms with Crippen LogP contribution in [0.3, 0.4) is 0 Å². The van der Waals surface area contributed by atoms with Gasteiger partial charge in [0.05, 0.1) is 5.92 Å². The molecule has 1 aliphatic carbocycles. The Morgan fingerprint density at radius 2 is 1.35 bits per heavy atom. The Balaban J connectivity index is 2.09. The molecule has 2 unspecified atom stereocenters. The average molecular weight is 444 g/mol. The summed E-state index contributed by atoms with van der Waals surface area (Å²) in [5.41, 5.74) is 11.8. The molecule has 0 amide bonds. The highest BCUT2D eigenvalue weighted by Crippen LogP contribution is 2.47. The minimum atomic E-state index is -6.12. The van der Waals surface area contributed by atoms with E-state index in [9.17, 15) is 26.3 Å². The van der Waals surface area contributed by atoms with Crippen LogP contribution in [0.25, 0.3) is 0 Å². The molecule has 3 rings (SSSR count). The van der Waals surface area contributed by atoms with Crippen molar-refractivity contribution in [3.8, 4) is 11.5 Å². The van der Waals surface area contributed by atoms with Gasteiger partial charge in [0.1, 0.15) is 11.5 Å². The van der Waals surface area contributed by atoms with E-state index in [2.05, 4.69) is 0 Å². The predicted molar refractivity (Wildman–Crippen MR) is 103 cm³/mol. The molecule has 2 aromatic carbocycles. The largest absolute Gasteiger partial charge is 0.456 e. The van der Waals surface area contributed by atoms with Crippen LogP contribution in [-0.2, 0) is 0 Å². The normalized spacial score (nSPS) is 19.1. The summed E-state index contributed by atoms with van der Waals surface area (Å²) >= 11 is 0. The van der Waals surface area contributed by atoms with Crippen LogP contribution in [0.2, 0.25) is 0 Å². The maximum atomic E-state index is 14.9. The van der Waals surface area contributed by atoms with Crippen LogP contribution < -0.4 is 20.9 Å². The average Bonchev–Trinajstić information content (AvgIpc) is 2.67. The summed E-state index contributed by atoms with van der Waals surface area (Å²) in [7, 11) is 0. The summed E-state index contributed by atoms with van der Waals surface area (Å²) in [4.78, 5) is 0. The van der Waals surface area contributed by atoms with Crippen molar-refractivity contribution in [1.82, 2.24) is 0 Å². The van der Waals surface area contributed by atoms with E-state index in [1.807, 2.05) is 0 Å². The van der Waals surface area contributed by atoms with Crippen molar-refractivity contribution < 1.29 is 35.8 Å². The molecule has 1 aliphatic rings. The Morgan fingerprint density at radius 1 is 0.839 bits per heavy atom. The molecule has 31 heavy (non-hydrogen) atoms. The summed E-state index contributed by atoms with van der Waals surface area (Å²) in [6.07, 6.45) is -5.54. The first-order valence-corrected chi connectivity index (χ1v) is 8.98. The van der Waals surface area contributed by atoms with E-state index >= 15 is 0 Å². The standard InChI is InChI=1S/C21H18F6N2O2/c22-18(20(23,24)21(25,26)27)17-9-1-2-10-19(17,30-15-7-3-5-13(28)11-15)31-16-8-4-6-14(29)12-16/h1-12,17-18H,28-29H2. The Bertz CT molecular complexity index is 942. The van der Waals surface area contributed by atoms with Crippen LogP contribution in [0.5, 0.6) is 11.5 Å². The number of hydrogen-bond acceptors (Lipinski definition) is 4. The van der Waals surface area contributed by atoms with Crippen LogP contribution in [0.1, 0.15) is 0 Å². The van der Waals surface area contributed by atoms with Crippen molar-refractivity contribution in [2.75, 3.05) is 11.5 Å². The number of rotatable bonds is 6. The third kappa shape index (κ3) is 4.57. The minimum Gasteiger partial charge on any atom is -0.448 e. The van der Waals surface area contributed by atoms with Crippen molar-refractivity contribution >= 4 is 11.4 Å². The molecule has 2 atom stereocenters. The third-order valence-corrected chi connectivity index (χ3v) is 4.53. The van der Waals surface area contributed by atoms with Crippen molar-refractivity contribution in [3.05, 3.63) is 72.8 Å². The zero-order valence-corrected chi connectivity index (χ0v) is 15.8. The van der Waals surface area contributed by atoms with Gasteiger partial charge in [0.2, 0.25) is 0 Å². The van der Waals surface area contributed by atoms with Crippen molar-refractivity contribution in [1.29, 1.82) is 0 Å². The molecule has 0 heterocycles. The zero-order valence-electron chi connectivity index (χ0n) is 15.8. The lowest BCUT2D eigenvalue weighted by Crippen LogP contribution is -2.58. The molecule has 4 N–H and O–H groups in total. The summed E-state index contributed by atoms with van der Waals surface area (Å²) in [5, 5.41) is 0. The first-order chi connectivity index (χ1) is 14.4. The summed E-state index contributed by atoms with van der Waals surface area (Å²) in [6.45, 7) is 0. The fourth-order valence-corrected chi connectivity index (χ4v) is 3.05. The van der Waals surface area contributed by atoms with Gasteiger partial charge in [0, 0.05) is 29.6 Å². The van der Waals surface area contributed by atoms with Gasteiger partial charge in [-0.25, -0.2) is 4.39 Å².